The Morgan fingerprint density at radius 1 is 1.04 bits per heavy atom. The highest BCUT2D eigenvalue weighted by Gasteiger charge is 2.07. The number of non-ortho nitro benzene ring substituents is 1. The maximum absolute atomic E-state index is 11.8. The third-order valence-corrected chi connectivity index (χ3v) is 3.93. The molecule has 0 aromatic heterocycles. The fraction of sp³-hybridized carbons (Fsp3) is 0.118. The van der Waals surface area contributed by atoms with Gasteiger partial charge in [-0.1, -0.05) is 0 Å². The molecule has 0 aliphatic heterocycles. The molecule has 0 atom stereocenters. The molecule has 2 aromatic carbocycles. The number of hydrogen-bond donors (Lipinski definition) is 2. The van der Waals surface area contributed by atoms with Crippen LogP contribution in [0.25, 0.3) is 0 Å². The number of nitrogens with zero attached hydrogens (tertiary/aromatic N) is 2. The lowest BCUT2D eigenvalue weighted by Crippen LogP contribution is -2.20. The summed E-state index contributed by atoms with van der Waals surface area (Å²) in [7, 11) is 0. The van der Waals surface area contributed by atoms with Crippen molar-refractivity contribution in [2.24, 2.45) is 5.10 Å². The highest BCUT2D eigenvalue weighted by Crippen LogP contribution is 2.12. The van der Waals surface area contributed by atoms with Crippen LogP contribution in [0.1, 0.15) is 18.4 Å². The number of hydrazone groups is 1. The van der Waals surface area contributed by atoms with Crippen molar-refractivity contribution in [1.29, 1.82) is 0 Å². The fourth-order valence-electron chi connectivity index (χ4n) is 1.90. The quantitative estimate of drug-likeness (QED) is 0.283. The fourth-order valence-corrected chi connectivity index (χ4v) is 2.26. The van der Waals surface area contributed by atoms with E-state index in [1.54, 1.807) is 12.1 Å². The van der Waals surface area contributed by atoms with Crippen LogP contribution >= 0.6 is 22.6 Å². The zero-order valence-electron chi connectivity index (χ0n) is 13.5. The molecule has 134 valence electrons. The second-order valence-corrected chi connectivity index (χ2v) is 6.44. The van der Waals surface area contributed by atoms with E-state index in [2.05, 4.69) is 38.4 Å². The summed E-state index contributed by atoms with van der Waals surface area (Å²) >= 11 is 2.17. The molecule has 2 rings (SSSR count). The summed E-state index contributed by atoms with van der Waals surface area (Å²) in [5, 5.41) is 17.0. The van der Waals surface area contributed by atoms with Crippen LogP contribution in [0.2, 0.25) is 0 Å². The van der Waals surface area contributed by atoms with Gasteiger partial charge in [0.15, 0.2) is 0 Å². The monoisotopic (exact) mass is 466 g/mol. The molecular formula is C17H15IN4O4. The predicted molar refractivity (Wildman–Crippen MR) is 106 cm³/mol. The van der Waals surface area contributed by atoms with Crippen LogP contribution in [-0.2, 0) is 9.59 Å². The van der Waals surface area contributed by atoms with E-state index < -0.39 is 10.8 Å². The Balaban J connectivity index is 1.73. The van der Waals surface area contributed by atoms with Gasteiger partial charge in [-0.25, -0.2) is 5.43 Å². The molecule has 0 bridgehead atoms. The summed E-state index contributed by atoms with van der Waals surface area (Å²) in [5.74, 6) is -0.665. The number of rotatable bonds is 7. The van der Waals surface area contributed by atoms with Gasteiger partial charge in [0.2, 0.25) is 11.8 Å². The maximum Gasteiger partial charge on any atom is 0.269 e. The van der Waals surface area contributed by atoms with Crippen molar-refractivity contribution in [2.45, 2.75) is 12.8 Å². The van der Waals surface area contributed by atoms with Crippen molar-refractivity contribution in [3.05, 3.63) is 67.8 Å². The Morgan fingerprint density at radius 3 is 2.27 bits per heavy atom. The molecule has 2 aromatic rings. The van der Waals surface area contributed by atoms with Crippen molar-refractivity contribution in [2.75, 3.05) is 5.32 Å². The molecule has 0 aliphatic rings. The van der Waals surface area contributed by atoms with Gasteiger partial charge in [0.25, 0.3) is 5.69 Å². The number of hydrogen-bond acceptors (Lipinski definition) is 5. The van der Waals surface area contributed by atoms with Crippen LogP contribution < -0.4 is 10.7 Å². The van der Waals surface area contributed by atoms with E-state index in [0.29, 0.717) is 11.3 Å². The summed E-state index contributed by atoms with van der Waals surface area (Å²) in [6.07, 6.45) is 1.39. The summed E-state index contributed by atoms with van der Waals surface area (Å²) in [6.45, 7) is 0. The van der Waals surface area contributed by atoms with Crippen molar-refractivity contribution < 1.29 is 14.5 Å². The van der Waals surface area contributed by atoms with Crippen LogP contribution in [-0.4, -0.2) is 23.0 Å². The van der Waals surface area contributed by atoms with Gasteiger partial charge in [0.1, 0.15) is 0 Å². The molecule has 9 heteroatoms. The normalized spacial score (nSPS) is 10.5. The van der Waals surface area contributed by atoms with Crippen LogP contribution in [0.5, 0.6) is 0 Å². The Hall–Kier alpha value is -2.82. The number of carbonyl (C=O) groups is 2. The average molecular weight is 466 g/mol. The number of benzene rings is 2. The van der Waals surface area contributed by atoms with Crippen molar-refractivity contribution in [3.8, 4) is 0 Å². The Kier molecular flexibility index (Phi) is 7.21. The summed E-state index contributed by atoms with van der Waals surface area (Å²) in [6, 6.07) is 13.0. The number of nitro groups is 1. The van der Waals surface area contributed by atoms with Crippen molar-refractivity contribution in [1.82, 2.24) is 5.43 Å². The highest BCUT2D eigenvalue weighted by molar-refractivity contribution is 14.1. The van der Waals surface area contributed by atoms with Crippen molar-refractivity contribution in [3.63, 3.8) is 0 Å². The Labute approximate surface area is 163 Å². The zero-order chi connectivity index (χ0) is 18.9. The number of carbonyl (C=O) groups excluding carboxylic acids is 2. The van der Waals surface area contributed by atoms with Gasteiger partial charge < -0.3 is 5.32 Å². The lowest BCUT2D eigenvalue weighted by molar-refractivity contribution is -0.384. The summed E-state index contributed by atoms with van der Waals surface area (Å²) in [4.78, 5) is 33.5. The molecule has 0 spiro atoms. The molecule has 8 nitrogen and oxygen atoms in total. The second kappa shape index (κ2) is 9.61. The van der Waals surface area contributed by atoms with Crippen LogP contribution in [0.4, 0.5) is 11.4 Å². The van der Waals surface area contributed by atoms with Gasteiger partial charge in [0.05, 0.1) is 11.1 Å². The summed E-state index contributed by atoms with van der Waals surface area (Å²) < 4.78 is 1.06. The lowest BCUT2D eigenvalue weighted by atomic mass is 10.2. The Bertz CT molecular complexity index is 820. The smallest absolute Gasteiger partial charge is 0.269 e. The van der Waals surface area contributed by atoms with Crippen LogP contribution in [0, 0.1) is 13.7 Å². The number of nitro benzene ring substituents is 1. The van der Waals surface area contributed by atoms with E-state index in [0.717, 1.165) is 3.57 Å². The van der Waals surface area contributed by atoms with E-state index in [1.807, 2.05) is 12.1 Å². The SMILES string of the molecule is O=C(CCC(=O)Nc1ccc(I)cc1)NN=Cc1ccc([N+](=O)[O-])cc1. The molecule has 0 saturated carbocycles. The van der Waals surface area contributed by atoms with Crippen LogP contribution in [0.3, 0.4) is 0 Å². The van der Waals surface area contributed by atoms with Gasteiger partial charge in [-0.2, -0.15) is 5.10 Å². The predicted octanol–water partition coefficient (Wildman–Crippen LogP) is 3.07. The largest absolute Gasteiger partial charge is 0.326 e. The second-order valence-electron chi connectivity index (χ2n) is 5.20. The molecule has 0 heterocycles. The summed E-state index contributed by atoms with van der Waals surface area (Å²) in [5.41, 5.74) is 3.57. The average Bonchev–Trinajstić information content (AvgIpc) is 2.62. The van der Waals surface area contributed by atoms with Gasteiger partial charge in [0, 0.05) is 34.2 Å². The number of halogens is 1. The van der Waals surface area contributed by atoms with Crippen molar-refractivity contribution >= 4 is 52.0 Å². The number of amides is 2. The molecule has 0 aliphatic carbocycles. The molecule has 2 amide bonds. The van der Waals surface area contributed by atoms with E-state index in [1.165, 1.54) is 30.5 Å². The first-order valence-electron chi connectivity index (χ1n) is 7.56. The van der Waals surface area contributed by atoms with Crippen LogP contribution in [0.15, 0.2) is 53.6 Å². The molecule has 2 N–H and O–H groups in total. The van der Waals surface area contributed by atoms with E-state index >= 15 is 0 Å². The zero-order valence-corrected chi connectivity index (χ0v) is 15.7. The number of nitrogens with one attached hydrogen (secondary N) is 2. The van der Waals surface area contributed by atoms with E-state index in [4.69, 9.17) is 0 Å². The molecule has 0 saturated heterocycles. The minimum absolute atomic E-state index is 0.00615. The number of anilines is 1. The first kappa shape index (κ1) is 19.5. The lowest BCUT2D eigenvalue weighted by Gasteiger charge is -2.04. The van der Waals surface area contributed by atoms with Gasteiger partial charge in [-0.05, 0) is 64.6 Å². The minimum atomic E-state index is -0.496. The molecule has 0 unspecified atom stereocenters. The molecule has 26 heavy (non-hydrogen) atoms. The molecule has 0 fully saturated rings. The topological polar surface area (TPSA) is 114 Å². The van der Waals surface area contributed by atoms with Gasteiger partial charge in [-0.15, -0.1) is 0 Å². The molecule has 0 radical (unpaired) electrons. The maximum atomic E-state index is 11.8. The minimum Gasteiger partial charge on any atom is -0.326 e. The third-order valence-electron chi connectivity index (χ3n) is 3.21. The highest BCUT2D eigenvalue weighted by atomic mass is 127. The van der Waals surface area contributed by atoms with Gasteiger partial charge >= 0.3 is 0 Å². The van der Waals surface area contributed by atoms with E-state index in [9.17, 15) is 19.7 Å². The first-order valence-corrected chi connectivity index (χ1v) is 8.64. The van der Waals surface area contributed by atoms with E-state index in [-0.39, 0.29) is 24.4 Å². The Morgan fingerprint density at radius 2 is 1.65 bits per heavy atom. The van der Waals surface area contributed by atoms with Gasteiger partial charge in [-0.3, -0.25) is 19.7 Å². The molecular weight excluding hydrogens is 451 g/mol. The third kappa shape index (κ3) is 6.59. The standard InChI is InChI=1S/C17H15IN4O4/c18-13-3-5-14(6-4-13)20-16(23)9-10-17(24)21-19-11-12-1-7-15(8-2-12)22(25)26/h1-8,11H,9-10H2,(H,20,23)(H,21,24). The first-order chi connectivity index (χ1) is 12.4.